The molecule has 1 heterocycles. The number of benzene rings is 1. The molecule has 5 heteroatoms. The van der Waals surface area contributed by atoms with Crippen LogP contribution in [0.5, 0.6) is 0 Å². The molecule has 2 atom stereocenters. The third-order valence-corrected chi connectivity index (χ3v) is 3.32. The van der Waals surface area contributed by atoms with E-state index in [1.807, 2.05) is 6.92 Å². The molecule has 0 saturated carbocycles. The maximum absolute atomic E-state index is 13.1. The second-order valence-electron chi connectivity index (χ2n) is 5.02. The molecule has 0 spiro atoms. The molecule has 0 amide bonds. The van der Waals surface area contributed by atoms with Gasteiger partial charge in [0.25, 0.3) is 0 Å². The summed E-state index contributed by atoms with van der Waals surface area (Å²) in [5, 5.41) is 5.85. The molecule has 2 rings (SSSR count). The van der Waals surface area contributed by atoms with E-state index in [1.165, 1.54) is 12.1 Å². The second-order valence-corrected chi connectivity index (χ2v) is 5.02. The Kier molecular flexibility index (Phi) is 3.64. The Morgan fingerprint density at radius 2 is 1.94 bits per heavy atom. The Labute approximate surface area is 105 Å². The Balaban J connectivity index is 2.21. The van der Waals surface area contributed by atoms with Crippen molar-refractivity contribution < 1.29 is 13.2 Å². The van der Waals surface area contributed by atoms with Crippen LogP contribution in [0.4, 0.5) is 13.2 Å². The van der Waals surface area contributed by atoms with E-state index in [1.54, 1.807) is 18.2 Å². The average Bonchev–Trinajstić information content (AvgIpc) is 2.73. The van der Waals surface area contributed by atoms with Gasteiger partial charge in [0.2, 0.25) is 0 Å². The fraction of sp³-hybridized carbons (Fsp3) is 0.538. The van der Waals surface area contributed by atoms with Crippen molar-refractivity contribution >= 4 is 0 Å². The predicted molar refractivity (Wildman–Crippen MR) is 64.3 cm³/mol. The average molecular weight is 258 g/mol. The van der Waals surface area contributed by atoms with Gasteiger partial charge in [0.1, 0.15) is 6.04 Å². The molecule has 0 aromatic heterocycles. The van der Waals surface area contributed by atoms with Gasteiger partial charge in [-0.25, -0.2) is 0 Å². The maximum atomic E-state index is 13.1. The Morgan fingerprint density at radius 1 is 1.28 bits per heavy atom. The van der Waals surface area contributed by atoms with Gasteiger partial charge in [-0.3, -0.25) is 5.32 Å². The molecule has 0 bridgehead atoms. The molecule has 1 aromatic carbocycles. The molecule has 0 aliphatic carbocycles. The molecule has 1 aliphatic heterocycles. The lowest BCUT2D eigenvalue weighted by Gasteiger charge is -2.32. The van der Waals surface area contributed by atoms with Crippen LogP contribution in [-0.2, 0) is 0 Å². The van der Waals surface area contributed by atoms with Crippen molar-refractivity contribution in [1.29, 1.82) is 0 Å². The molecule has 2 nitrogen and oxygen atoms in total. The fourth-order valence-corrected chi connectivity index (χ4v) is 2.29. The molecule has 1 saturated heterocycles. The van der Waals surface area contributed by atoms with Crippen LogP contribution in [0.2, 0.25) is 0 Å². The monoisotopic (exact) mass is 258 g/mol. The Hall–Kier alpha value is -1.07. The lowest BCUT2D eigenvalue weighted by atomic mass is 9.97. The number of halogens is 3. The Bertz CT molecular complexity index is 383. The van der Waals surface area contributed by atoms with Crippen LogP contribution in [0.1, 0.15) is 24.9 Å². The van der Waals surface area contributed by atoms with E-state index >= 15 is 0 Å². The minimum atomic E-state index is -4.28. The van der Waals surface area contributed by atoms with Crippen LogP contribution < -0.4 is 10.6 Å². The van der Waals surface area contributed by atoms with Gasteiger partial charge in [0.15, 0.2) is 0 Å². The standard InChI is InChI=1S/C13H17F3N2/c1-12(7-8-17-9-12)18-11(13(14,15)16)10-5-3-2-4-6-10/h2-6,11,17-18H,7-9H2,1H3. The zero-order chi connectivity index (χ0) is 13.2. The first kappa shape index (κ1) is 13.4. The number of rotatable bonds is 3. The molecule has 100 valence electrons. The molecule has 2 unspecified atom stereocenters. The maximum Gasteiger partial charge on any atom is 0.407 e. The molecule has 1 aromatic rings. The topological polar surface area (TPSA) is 24.1 Å². The highest BCUT2D eigenvalue weighted by Gasteiger charge is 2.44. The van der Waals surface area contributed by atoms with Crippen LogP contribution in [0.3, 0.4) is 0 Å². The van der Waals surface area contributed by atoms with Gasteiger partial charge in [0.05, 0.1) is 0 Å². The lowest BCUT2D eigenvalue weighted by Crippen LogP contribution is -2.50. The third kappa shape index (κ3) is 3.03. The van der Waals surface area contributed by atoms with Gasteiger partial charge in [0, 0.05) is 12.1 Å². The summed E-state index contributed by atoms with van der Waals surface area (Å²) in [6, 6.07) is 6.39. The first-order valence-electron chi connectivity index (χ1n) is 6.01. The molecule has 0 radical (unpaired) electrons. The van der Waals surface area contributed by atoms with Crippen molar-refractivity contribution in [3.05, 3.63) is 35.9 Å². The minimum absolute atomic E-state index is 0.262. The summed E-state index contributed by atoms with van der Waals surface area (Å²) in [6.07, 6.45) is -3.58. The van der Waals surface area contributed by atoms with Crippen LogP contribution in [0.15, 0.2) is 30.3 Å². The van der Waals surface area contributed by atoms with E-state index < -0.39 is 17.8 Å². The summed E-state index contributed by atoms with van der Waals surface area (Å²) in [5.74, 6) is 0. The fourth-order valence-electron chi connectivity index (χ4n) is 2.29. The zero-order valence-corrected chi connectivity index (χ0v) is 10.2. The first-order valence-corrected chi connectivity index (χ1v) is 6.01. The van der Waals surface area contributed by atoms with E-state index in [0.717, 1.165) is 6.54 Å². The normalized spacial score (nSPS) is 26.2. The SMILES string of the molecule is CC1(NC(c2ccccc2)C(F)(F)F)CCNC1. The molecular weight excluding hydrogens is 241 g/mol. The van der Waals surface area contributed by atoms with Gasteiger partial charge in [-0.05, 0) is 25.5 Å². The van der Waals surface area contributed by atoms with E-state index in [-0.39, 0.29) is 5.56 Å². The van der Waals surface area contributed by atoms with Crippen LogP contribution >= 0.6 is 0 Å². The smallest absolute Gasteiger partial charge is 0.315 e. The second kappa shape index (κ2) is 4.90. The number of nitrogens with one attached hydrogen (secondary N) is 2. The van der Waals surface area contributed by atoms with Gasteiger partial charge in [-0.1, -0.05) is 30.3 Å². The van der Waals surface area contributed by atoms with Gasteiger partial charge in [-0.15, -0.1) is 0 Å². The molecule has 1 fully saturated rings. The first-order chi connectivity index (χ1) is 8.41. The molecular formula is C13H17F3N2. The van der Waals surface area contributed by atoms with E-state index in [9.17, 15) is 13.2 Å². The van der Waals surface area contributed by atoms with Gasteiger partial charge >= 0.3 is 6.18 Å². The lowest BCUT2D eigenvalue weighted by molar-refractivity contribution is -0.162. The Morgan fingerprint density at radius 3 is 2.44 bits per heavy atom. The molecule has 1 aliphatic rings. The summed E-state index contributed by atoms with van der Waals surface area (Å²) < 4.78 is 39.4. The van der Waals surface area contributed by atoms with Gasteiger partial charge in [-0.2, -0.15) is 13.2 Å². The number of hydrogen-bond acceptors (Lipinski definition) is 2. The van der Waals surface area contributed by atoms with Crippen molar-refractivity contribution in [3.8, 4) is 0 Å². The highest BCUT2D eigenvalue weighted by Crippen LogP contribution is 2.35. The zero-order valence-electron chi connectivity index (χ0n) is 10.2. The molecule has 18 heavy (non-hydrogen) atoms. The van der Waals surface area contributed by atoms with E-state index in [2.05, 4.69) is 10.6 Å². The minimum Gasteiger partial charge on any atom is -0.315 e. The summed E-state index contributed by atoms with van der Waals surface area (Å²) >= 11 is 0. The highest BCUT2D eigenvalue weighted by molar-refractivity contribution is 5.21. The van der Waals surface area contributed by atoms with Crippen molar-refractivity contribution in [2.45, 2.75) is 31.1 Å². The van der Waals surface area contributed by atoms with Crippen LogP contribution in [0.25, 0.3) is 0 Å². The summed E-state index contributed by atoms with van der Waals surface area (Å²) in [4.78, 5) is 0. The summed E-state index contributed by atoms with van der Waals surface area (Å²) in [6.45, 7) is 3.14. The predicted octanol–water partition coefficient (Wildman–Crippen LogP) is 2.63. The summed E-state index contributed by atoms with van der Waals surface area (Å²) in [5.41, 5.74) is -0.242. The third-order valence-electron chi connectivity index (χ3n) is 3.32. The van der Waals surface area contributed by atoms with Crippen molar-refractivity contribution in [3.63, 3.8) is 0 Å². The van der Waals surface area contributed by atoms with E-state index in [4.69, 9.17) is 0 Å². The van der Waals surface area contributed by atoms with Crippen molar-refractivity contribution in [2.24, 2.45) is 0 Å². The number of alkyl halides is 3. The highest BCUT2D eigenvalue weighted by atomic mass is 19.4. The van der Waals surface area contributed by atoms with Crippen molar-refractivity contribution in [2.75, 3.05) is 13.1 Å². The van der Waals surface area contributed by atoms with E-state index in [0.29, 0.717) is 13.0 Å². The van der Waals surface area contributed by atoms with Crippen molar-refractivity contribution in [1.82, 2.24) is 10.6 Å². The number of hydrogen-bond donors (Lipinski definition) is 2. The molecule has 2 N–H and O–H groups in total. The van der Waals surface area contributed by atoms with Crippen LogP contribution in [0, 0.1) is 0 Å². The quantitative estimate of drug-likeness (QED) is 0.871. The van der Waals surface area contributed by atoms with Crippen LogP contribution in [-0.4, -0.2) is 24.8 Å². The largest absolute Gasteiger partial charge is 0.407 e. The summed E-state index contributed by atoms with van der Waals surface area (Å²) in [7, 11) is 0. The van der Waals surface area contributed by atoms with Gasteiger partial charge < -0.3 is 5.32 Å².